The molecule has 4 heteroatoms. The maximum absolute atomic E-state index is 11.0. The molecule has 0 unspecified atom stereocenters. The van der Waals surface area contributed by atoms with E-state index in [4.69, 9.17) is 5.84 Å². The molecule has 0 bridgehead atoms. The summed E-state index contributed by atoms with van der Waals surface area (Å²) in [5.74, 6) is 5.45. The maximum atomic E-state index is 11.0. The van der Waals surface area contributed by atoms with Crippen LogP contribution in [0.2, 0.25) is 0 Å². The molecule has 1 aromatic carbocycles. The fraction of sp³-hybridized carbons (Fsp3) is 0. The van der Waals surface area contributed by atoms with Crippen molar-refractivity contribution >= 4 is 21.6 Å². The van der Waals surface area contributed by atoms with Crippen LogP contribution in [0, 0.1) is 0 Å². The van der Waals surface area contributed by atoms with Gasteiger partial charge < -0.3 is 5.84 Å². The second kappa shape index (κ2) is 2.10. The van der Waals surface area contributed by atoms with Gasteiger partial charge in [-0.1, -0.05) is 23.5 Å². The lowest BCUT2D eigenvalue weighted by Gasteiger charge is -1.90. The van der Waals surface area contributed by atoms with Crippen molar-refractivity contribution in [3.63, 3.8) is 0 Å². The van der Waals surface area contributed by atoms with Crippen molar-refractivity contribution in [1.82, 2.24) is 4.68 Å². The van der Waals surface area contributed by atoms with E-state index in [2.05, 4.69) is 0 Å². The monoisotopic (exact) mass is 166 g/mol. The molecule has 0 saturated heterocycles. The molecule has 1 aromatic heterocycles. The van der Waals surface area contributed by atoms with Crippen molar-refractivity contribution in [1.29, 1.82) is 0 Å². The van der Waals surface area contributed by atoms with E-state index in [9.17, 15) is 4.79 Å². The molecule has 11 heavy (non-hydrogen) atoms. The van der Waals surface area contributed by atoms with Crippen LogP contribution in [0.3, 0.4) is 0 Å². The molecule has 0 amide bonds. The third-order valence-electron chi connectivity index (χ3n) is 1.52. The van der Waals surface area contributed by atoms with E-state index >= 15 is 0 Å². The highest BCUT2D eigenvalue weighted by Gasteiger charge is 2.01. The number of rotatable bonds is 0. The number of aromatic nitrogens is 1. The molecule has 2 rings (SSSR count). The van der Waals surface area contributed by atoms with Crippen molar-refractivity contribution in [3.8, 4) is 0 Å². The smallest absolute Gasteiger partial charge is 0.326 e. The van der Waals surface area contributed by atoms with Gasteiger partial charge in [0, 0.05) is 0 Å². The van der Waals surface area contributed by atoms with Crippen molar-refractivity contribution < 1.29 is 0 Å². The fourth-order valence-electron chi connectivity index (χ4n) is 0.984. The van der Waals surface area contributed by atoms with Gasteiger partial charge in [-0.05, 0) is 12.1 Å². The Morgan fingerprint density at radius 2 is 2.09 bits per heavy atom. The zero-order chi connectivity index (χ0) is 7.84. The summed E-state index contributed by atoms with van der Waals surface area (Å²) in [4.78, 5) is 10.9. The van der Waals surface area contributed by atoms with Crippen LogP contribution in [0.4, 0.5) is 0 Å². The Hall–Kier alpha value is -1.29. The molecule has 0 fully saturated rings. The maximum Gasteiger partial charge on any atom is 0.326 e. The van der Waals surface area contributed by atoms with Gasteiger partial charge in [-0.2, -0.15) is 0 Å². The first kappa shape index (κ1) is 6.42. The van der Waals surface area contributed by atoms with Crippen molar-refractivity contribution in [3.05, 3.63) is 33.9 Å². The Balaban J connectivity index is 3.04. The molecule has 0 aliphatic heterocycles. The Bertz CT molecular complexity index is 443. The van der Waals surface area contributed by atoms with E-state index in [-0.39, 0.29) is 4.87 Å². The average Bonchev–Trinajstić information content (AvgIpc) is 2.30. The summed E-state index contributed by atoms with van der Waals surface area (Å²) in [6.45, 7) is 0. The van der Waals surface area contributed by atoms with Crippen molar-refractivity contribution in [2.75, 3.05) is 5.84 Å². The van der Waals surface area contributed by atoms with Crippen LogP contribution in [0.15, 0.2) is 29.1 Å². The van der Waals surface area contributed by atoms with Crippen LogP contribution in [-0.2, 0) is 0 Å². The Morgan fingerprint density at radius 3 is 2.82 bits per heavy atom. The molecule has 0 aliphatic carbocycles. The number of hydrogen-bond donors (Lipinski definition) is 1. The summed E-state index contributed by atoms with van der Waals surface area (Å²) in [6, 6.07) is 7.45. The predicted molar refractivity (Wildman–Crippen MR) is 46.2 cm³/mol. The van der Waals surface area contributed by atoms with Crippen LogP contribution >= 0.6 is 11.3 Å². The topological polar surface area (TPSA) is 48.0 Å². The molecule has 1 heterocycles. The standard InChI is InChI=1S/C7H6N2OS/c8-9-5-3-1-2-4-6(5)11-7(9)10/h1-4H,8H2. The van der Waals surface area contributed by atoms with E-state index in [0.29, 0.717) is 0 Å². The minimum Gasteiger partial charge on any atom is -0.335 e. The normalized spacial score (nSPS) is 10.5. The lowest BCUT2D eigenvalue weighted by atomic mass is 10.3. The van der Waals surface area contributed by atoms with Gasteiger partial charge >= 0.3 is 4.87 Å². The first-order chi connectivity index (χ1) is 5.29. The lowest BCUT2D eigenvalue weighted by molar-refractivity contribution is 1.03. The first-order valence-electron chi connectivity index (χ1n) is 3.15. The number of nitrogen functional groups attached to an aromatic ring is 1. The number of hydrogen-bond acceptors (Lipinski definition) is 3. The third-order valence-corrected chi connectivity index (χ3v) is 2.46. The van der Waals surface area contributed by atoms with Crippen molar-refractivity contribution in [2.24, 2.45) is 0 Å². The number of nitrogens with zero attached hydrogens (tertiary/aromatic N) is 1. The van der Waals surface area contributed by atoms with E-state index in [0.717, 1.165) is 21.6 Å². The first-order valence-corrected chi connectivity index (χ1v) is 3.96. The second-order valence-corrected chi connectivity index (χ2v) is 3.20. The molecule has 56 valence electrons. The lowest BCUT2D eigenvalue weighted by Crippen LogP contribution is -2.20. The third kappa shape index (κ3) is 0.832. The molecule has 2 N–H and O–H groups in total. The summed E-state index contributed by atoms with van der Waals surface area (Å²) < 4.78 is 2.10. The van der Waals surface area contributed by atoms with Crippen LogP contribution in [0.25, 0.3) is 10.2 Å². The highest BCUT2D eigenvalue weighted by molar-refractivity contribution is 7.16. The summed E-state index contributed by atoms with van der Waals surface area (Å²) in [7, 11) is 0. The Labute approximate surface area is 66.7 Å². The summed E-state index contributed by atoms with van der Waals surface area (Å²) in [5.41, 5.74) is 0.794. The largest absolute Gasteiger partial charge is 0.335 e. The van der Waals surface area contributed by atoms with Gasteiger partial charge in [-0.25, -0.2) is 4.68 Å². The molecule has 2 aromatic rings. The molecule has 0 spiro atoms. The summed E-state index contributed by atoms with van der Waals surface area (Å²) in [6.07, 6.45) is 0. The highest BCUT2D eigenvalue weighted by atomic mass is 32.1. The Kier molecular flexibility index (Phi) is 1.22. The van der Waals surface area contributed by atoms with E-state index in [1.165, 1.54) is 4.68 Å². The SMILES string of the molecule is Nn1c(=O)sc2ccccc21. The number of para-hydroxylation sites is 1. The number of nitrogens with two attached hydrogens (primary N) is 1. The van der Waals surface area contributed by atoms with Crippen LogP contribution in [-0.4, -0.2) is 4.68 Å². The number of fused-ring (bicyclic) bond motifs is 1. The minimum absolute atomic E-state index is 0.119. The molecular formula is C7H6N2OS. The number of thiazole rings is 1. The van der Waals surface area contributed by atoms with Crippen molar-refractivity contribution in [2.45, 2.75) is 0 Å². The predicted octanol–water partition coefficient (Wildman–Crippen LogP) is 0.777. The molecule has 0 saturated carbocycles. The van der Waals surface area contributed by atoms with E-state index in [1.807, 2.05) is 24.3 Å². The molecule has 0 atom stereocenters. The van der Waals surface area contributed by atoms with Gasteiger partial charge in [0.05, 0.1) is 10.2 Å². The minimum atomic E-state index is -0.119. The van der Waals surface area contributed by atoms with Crippen LogP contribution in [0.1, 0.15) is 0 Å². The van der Waals surface area contributed by atoms with Gasteiger partial charge in [0.1, 0.15) is 0 Å². The quantitative estimate of drug-likeness (QED) is 0.588. The van der Waals surface area contributed by atoms with Gasteiger partial charge in [0.2, 0.25) is 0 Å². The molecule has 0 radical (unpaired) electrons. The van der Waals surface area contributed by atoms with E-state index < -0.39 is 0 Å². The zero-order valence-electron chi connectivity index (χ0n) is 5.65. The van der Waals surface area contributed by atoms with Gasteiger partial charge in [0.15, 0.2) is 0 Å². The fourth-order valence-corrected chi connectivity index (χ4v) is 1.79. The molecular weight excluding hydrogens is 160 g/mol. The van der Waals surface area contributed by atoms with E-state index in [1.54, 1.807) is 0 Å². The zero-order valence-corrected chi connectivity index (χ0v) is 6.47. The summed E-state index contributed by atoms with van der Waals surface area (Å²) >= 11 is 1.16. The van der Waals surface area contributed by atoms with Gasteiger partial charge in [-0.3, -0.25) is 4.79 Å². The van der Waals surface area contributed by atoms with Gasteiger partial charge in [0.25, 0.3) is 0 Å². The number of benzene rings is 1. The second-order valence-electron chi connectivity index (χ2n) is 2.21. The van der Waals surface area contributed by atoms with Crippen LogP contribution in [0.5, 0.6) is 0 Å². The van der Waals surface area contributed by atoms with Crippen LogP contribution < -0.4 is 10.7 Å². The summed E-state index contributed by atoms with van der Waals surface area (Å²) in [5, 5.41) is 0. The van der Waals surface area contributed by atoms with Gasteiger partial charge in [-0.15, -0.1) is 0 Å². The Morgan fingerprint density at radius 1 is 1.36 bits per heavy atom. The average molecular weight is 166 g/mol. The molecule has 3 nitrogen and oxygen atoms in total. The highest BCUT2D eigenvalue weighted by Crippen LogP contribution is 2.13. The molecule has 0 aliphatic rings.